The van der Waals surface area contributed by atoms with E-state index in [0.717, 1.165) is 23.0 Å². The number of nitrogens with zero attached hydrogens (tertiary/aromatic N) is 1. The highest BCUT2D eigenvalue weighted by atomic mass is 35.5. The van der Waals surface area contributed by atoms with Crippen LogP contribution in [0.5, 0.6) is 0 Å². The second kappa shape index (κ2) is 15.9. The molecule has 0 spiro atoms. The molecule has 0 heterocycles. The van der Waals surface area contributed by atoms with Gasteiger partial charge in [0, 0.05) is 16.1 Å². The standard InChI is InChI=1S/C8H8ClNO.C8H7ClO.CH4.ClH.H3NO/c1-6-3-2-4-8(9)7(6)5-10-11;1-6-3-2-4-8(9)7(6)5-10;;;1-2/h2-5,11H,1H3;2-5H,1H3;1H4;1H;2H,1H2/b10-5+;;;;. The lowest BCUT2D eigenvalue weighted by Gasteiger charge is -1.99. The molecular formula is C17H23Cl3N2O3. The summed E-state index contributed by atoms with van der Waals surface area (Å²) < 4.78 is 0. The SMILES string of the molecule is C.Cc1cccc(Cl)c1/C=N/O.Cc1cccc(Cl)c1C=O.Cl.NO. The first-order chi connectivity index (χ1) is 11.0. The summed E-state index contributed by atoms with van der Waals surface area (Å²) in [7, 11) is 0. The summed E-state index contributed by atoms with van der Waals surface area (Å²) in [6.07, 6.45) is 2.11. The number of hydrogen-bond donors (Lipinski definition) is 3. The Morgan fingerprint density at radius 1 is 0.960 bits per heavy atom. The molecule has 25 heavy (non-hydrogen) atoms. The Hall–Kier alpha value is -1.63. The van der Waals surface area contributed by atoms with Crippen molar-refractivity contribution in [3.05, 3.63) is 68.7 Å². The Morgan fingerprint density at radius 2 is 1.36 bits per heavy atom. The van der Waals surface area contributed by atoms with Gasteiger partial charge in [-0.1, -0.05) is 60.0 Å². The predicted molar refractivity (Wildman–Crippen MR) is 107 cm³/mol. The quantitative estimate of drug-likeness (QED) is 0.271. The van der Waals surface area contributed by atoms with Gasteiger partial charge in [-0.05, 0) is 37.1 Å². The molecule has 0 unspecified atom stereocenters. The van der Waals surface area contributed by atoms with Gasteiger partial charge < -0.3 is 10.4 Å². The van der Waals surface area contributed by atoms with Crippen molar-refractivity contribution in [3.8, 4) is 0 Å². The van der Waals surface area contributed by atoms with Crippen molar-refractivity contribution >= 4 is 48.1 Å². The van der Waals surface area contributed by atoms with Crippen LogP contribution in [0.15, 0.2) is 41.6 Å². The molecular weight excluding hydrogens is 387 g/mol. The summed E-state index contributed by atoms with van der Waals surface area (Å²) in [5.74, 6) is 3.50. The first kappa shape index (κ1) is 28.2. The van der Waals surface area contributed by atoms with Crippen LogP contribution in [0.25, 0.3) is 0 Å². The van der Waals surface area contributed by atoms with E-state index in [0.29, 0.717) is 15.6 Å². The maximum absolute atomic E-state index is 10.4. The Bertz CT molecular complexity index is 625. The summed E-state index contributed by atoms with van der Waals surface area (Å²) in [4.78, 5) is 10.4. The van der Waals surface area contributed by atoms with Crippen molar-refractivity contribution in [1.82, 2.24) is 0 Å². The van der Waals surface area contributed by atoms with E-state index >= 15 is 0 Å². The lowest BCUT2D eigenvalue weighted by atomic mass is 10.1. The van der Waals surface area contributed by atoms with Crippen LogP contribution in [-0.4, -0.2) is 22.9 Å². The summed E-state index contributed by atoms with van der Waals surface area (Å²) in [6, 6.07) is 10.9. The molecule has 5 nitrogen and oxygen atoms in total. The van der Waals surface area contributed by atoms with E-state index in [4.69, 9.17) is 33.6 Å². The molecule has 0 saturated heterocycles. The third-order valence-electron chi connectivity index (χ3n) is 2.85. The molecule has 0 aromatic heterocycles. The van der Waals surface area contributed by atoms with Crippen molar-refractivity contribution in [3.63, 3.8) is 0 Å². The van der Waals surface area contributed by atoms with E-state index in [1.54, 1.807) is 12.1 Å². The summed E-state index contributed by atoms with van der Waals surface area (Å²) >= 11 is 11.5. The minimum atomic E-state index is 0. The number of oxime groups is 1. The second-order valence-electron chi connectivity index (χ2n) is 4.30. The first-order valence-corrected chi connectivity index (χ1v) is 7.15. The number of rotatable bonds is 2. The fourth-order valence-corrected chi connectivity index (χ4v) is 2.20. The van der Waals surface area contributed by atoms with Crippen LogP contribution in [-0.2, 0) is 0 Å². The van der Waals surface area contributed by atoms with Crippen LogP contribution in [0.1, 0.15) is 34.5 Å². The monoisotopic (exact) mass is 408 g/mol. The summed E-state index contributed by atoms with van der Waals surface area (Å²) in [5.41, 5.74) is 3.26. The third-order valence-corrected chi connectivity index (χ3v) is 3.51. The average molecular weight is 410 g/mol. The van der Waals surface area contributed by atoms with Gasteiger partial charge in [-0.15, -0.1) is 12.4 Å². The Labute approximate surface area is 164 Å². The highest BCUT2D eigenvalue weighted by molar-refractivity contribution is 6.33. The van der Waals surface area contributed by atoms with Gasteiger partial charge in [0.25, 0.3) is 0 Å². The number of carbonyl (C=O) groups excluding carboxylic acids is 1. The molecule has 0 fully saturated rings. The number of benzene rings is 2. The topological polar surface area (TPSA) is 95.9 Å². The average Bonchev–Trinajstić information content (AvgIpc) is 2.54. The van der Waals surface area contributed by atoms with Crippen LogP contribution in [0.4, 0.5) is 0 Å². The number of halogens is 3. The largest absolute Gasteiger partial charge is 0.411 e. The van der Waals surface area contributed by atoms with Crippen LogP contribution in [0, 0.1) is 13.8 Å². The van der Waals surface area contributed by atoms with E-state index in [2.05, 4.69) is 11.1 Å². The van der Waals surface area contributed by atoms with Crippen molar-refractivity contribution in [1.29, 1.82) is 0 Å². The minimum absolute atomic E-state index is 0. The zero-order valence-electron chi connectivity index (χ0n) is 13.1. The lowest BCUT2D eigenvalue weighted by molar-refractivity contribution is 0.112. The molecule has 0 aliphatic carbocycles. The fraction of sp³-hybridized carbons (Fsp3) is 0.176. The molecule has 8 heteroatoms. The highest BCUT2D eigenvalue weighted by Gasteiger charge is 2.00. The molecule has 2 rings (SSSR count). The molecule has 0 amide bonds. The molecule has 2 aromatic rings. The molecule has 0 aliphatic rings. The van der Waals surface area contributed by atoms with E-state index < -0.39 is 0 Å². The maximum atomic E-state index is 10.4. The number of aldehydes is 1. The van der Waals surface area contributed by atoms with Gasteiger partial charge in [0.1, 0.15) is 0 Å². The van der Waals surface area contributed by atoms with E-state index in [-0.39, 0.29) is 19.8 Å². The zero-order chi connectivity index (χ0) is 17.8. The Kier molecular flexibility index (Phi) is 17.9. The number of hydrogen-bond acceptors (Lipinski definition) is 5. The van der Waals surface area contributed by atoms with Gasteiger partial charge in [-0.25, -0.2) is 5.90 Å². The molecule has 4 N–H and O–H groups in total. The van der Waals surface area contributed by atoms with Crippen LogP contribution < -0.4 is 5.90 Å². The van der Waals surface area contributed by atoms with Gasteiger partial charge in [0.05, 0.1) is 11.2 Å². The van der Waals surface area contributed by atoms with Crippen molar-refractivity contribution in [2.45, 2.75) is 21.3 Å². The van der Waals surface area contributed by atoms with Gasteiger partial charge in [0.2, 0.25) is 0 Å². The third kappa shape index (κ3) is 9.43. The Balaban J connectivity index is -0.000000329. The van der Waals surface area contributed by atoms with Crippen LogP contribution >= 0.6 is 35.6 Å². The first-order valence-electron chi connectivity index (χ1n) is 6.40. The maximum Gasteiger partial charge on any atom is 0.151 e. The number of nitrogens with two attached hydrogens (primary N) is 1. The zero-order valence-corrected chi connectivity index (χ0v) is 15.4. The molecule has 0 radical (unpaired) electrons. The molecule has 2 aromatic carbocycles. The summed E-state index contributed by atoms with van der Waals surface area (Å²) in [5, 5.41) is 18.8. The summed E-state index contributed by atoms with van der Waals surface area (Å²) in [6.45, 7) is 3.76. The normalized spacial score (nSPS) is 8.72. The minimum Gasteiger partial charge on any atom is -0.411 e. The number of carbonyl (C=O) groups is 1. The van der Waals surface area contributed by atoms with E-state index in [1.165, 1.54) is 6.21 Å². The lowest BCUT2D eigenvalue weighted by Crippen LogP contribution is -1.87. The van der Waals surface area contributed by atoms with Gasteiger partial charge in [-0.2, -0.15) is 0 Å². The number of aryl methyl sites for hydroxylation is 2. The highest BCUT2D eigenvalue weighted by Crippen LogP contribution is 2.17. The van der Waals surface area contributed by atoms with Crippen LogP contribution in [0.3, 0.4) is 0 Å². The predicted octanol–water partition coefficient (Wildman–Crippen LogP) is 5.31. The second-order valence-corrected chi connectivity index (χ2v) is 5.12. The smallest absolute Gasteiger partial charge is 0.151 e. The fourth-order valence-electron chi connectivity index (χ4n) is 1.66. The van der Waals surface area contributed by atoms with Crippen molar-refractivity contribution < 1.29 is 15.2 Å². The van der Waals surface area contributed by atoms with Gasteiger partial charge in [-0.3, -0.25) is 4.79 Å². The van der Waals surface area contributed by atoms with Crippen molar-refractivity contribution in [2.75, 3.05) is 0 Å². The van der Waals surface area contributed by atoms with E-state index in [9.17, 15) is 4.79 Å². The van der Waals surface area contributed by atoms with Gasteiger partial charge >= 0.3 is 0 Å². The molecule has 0 aliphatic heterocycles. The molecule has 140 valence electrons. The van der Waals surface area contributed by atoms with Crippen molar-refractivity contribution in [2.24, 2.45) is 11.1 Å². The van der Waals surface area contributed by atoms with Crippen LogP contribution in [0.2, 0.25) is 10.0 Å². The molecule has 0 bridgehead atoms. The molecule has 0 saturated carbocycles. The van der Waals surface area contributed by atoms with Gasteiger partial charge in [0.15, 0.2) is 6.29 Å². The molecule has 0 atom stereocenters. The Morgan fingerprint density at radius 3 is 1.64 bits per heavy atom. The van der Waals surface area contributed by atoms with E-state index in [1.807, 2.05) is 38.1 Å².